The van der Waals surface area contributed by atoms with E-state index in [1.807, 2.05) is 24.4 Å². The van der Waals surface area contributed by atoms with Crippen LogP contribution in [-0.2, 0) is 6.42 Å². The van der Waals surface area contributed by atoms with E-state index in [-0.39, 0.29) is 5.56 Å². The number of nitrogens with one attached hydrogen (secondary N) is 1. The summed E-state index contributed by atoms with van der Waals surface area (Å²) in [5.41, 5.74) is 3.43. The largest absolute Gasteiger partial charge is 0.307 e. The van der Waals surface area contributed by atoms with Gasteiger partial charge in [-0.1, -0.05) is 13.3 Å². The molecule has 0 fully saturated rings. The van der Waals surface area contributed by atoms with E-state index < -0.39 is 0 Å². The molecule has 0 unspecified atom stereocenters. The van der Waals surface area contributed by atoms with Gasteiger partial charge in [0.2, 0.25) is 0 Å². The number of nitrogens with zero attached hydrogens (tertiary/aromatic N) is 2. The minimum absolute atomic E-state index is 0.0250. The SMILES string of the molecule is CCCc1cc2[nH]c(=O)c(C)c(C)n2n1. The first-order chi connectivity index (χ1) is 7.13. The first-order valence-electron chi connectivity index (χ1n) is 5.21. The summed E-state index contributed by atoms with van der Waals surface area (Å²) in [5.74, 6) is 0. The fourth-order valence-corrected chi connectivity index (χ4v) is 1.69. The summed E-state index contributed by atoms with van der Waals surface area (Å²) < 4.78 is 1.81. The second-order valence-corrected chi connectivity index (χ2v) is 3.85. The number of H-pyrrole nitrogens is 1. The van der Waals surface area contributed by atoms with E-state index in [1.54, 1.807) is 0 Å². The third kappa shape index (κ3) is 1.56. The molecule has 1 N–H and O–H groups in total. The van der Waals surface area contributed by atoms with Gasteiger partial charge >= 0.3 is 0 Å². The molecule has 0 spiro atoms. The van der Waals surface area contributed by atoms with E-state index >= 15 is 0 Å². The lowest BCUT2D eigenvalue weighted by Crippen LogP contribution is -2.15. The summed E-state index contributed by atoms with van der Waals surface area (Å²) in [5, 5.41) is 4.45. The van der Waals surface area contributed by atoms with E-state index in [0.29, 0.717) is 0 Å². The highest BCUT2D eigenvalue weighted by Gasteiger charge is 2.07. The van der Waals surface area contributed by atoms with E-state index in [1.165, 1.54) is 0 Å². The van der Waals surface area contributed by atoms with Crippen molar-refractivity contribution in [1.82, 2.24) is 14.6 Å². The van der Waals surface area contributed by atoms with Crippen molar-refractivity contribution >= 4 is 5.65 Å². The monoisotopic (exact) mass is 205 g/mol. The third-order valence-electron chi connectivity index (χ3n) is 2.71. The third-order valence-corrected chi connectivity index (χ3v) is 2.71. The van der Waals surface area contributed by atoms with Crippen molar-refractivity contribution in [2.45, 2.75) is 33.6 Å². The van der Waals surface area contributed by atoms with Crippen LogP contribution in [0.15, 0.2) is 10.9 Å². The molecule has 2 aromatic heterocycles. The number of aromatic nitrogens is 3. The van der Waals surface area contributed by atoms with Gasteiger partial charge in [0.25, 0.3) is 5.56 Å². The summed E-state index contributed by atoms with van der Waals surface area (Å²) in [6.07, 6.45) is 2.01. The van der Waals surface area contributed by atoms with Crippen molar-refractivity contribution in [2.75, 3.05) is 0 Å². The van der Waals surface area contributed by atoms with Crippen LogP contribution in [0.5, 0.6) is 0 Å². The van der Waals surface area contributed by atoms with E-state index in [2.05, 4.69) is 17.0 Å². The van der Waals surface area contributed by atoms with Crippen molar-refractivity contribution in [3.8, 4) is 0 Å². The van der Waals surface area contributed by atoms with E-state index in [9.17, 15) is 4.79 Å². The first kappa shape index (κ1) is 9.96. The van der Waals surface area contributed by atoms with Gasteiger partial charge < -0.3 is 4.98 Å². The Bertz CT molecular complexity index is 551. The molecule has 0 radical (unpaired) electrons. The van der Waals surface area contributed by atoms with Crippen LogP contribution >= 0.6 is 0 Å². The molecule has 0 aliphatic carbocycles. The summed E-state index contributed by atoms with van der Waals surface area (Å²) in [7, 11) is 0. The number of aryl methyl sites for hydroxylation is 2. The molecule has 4 nitrogen and oxygen atoms in total. The first-order valence-corrected chi connectivity index (χ1v) is 5.21. The number of rotatable bonds is 2. The smallest absolute Gasteiger partial charge is 0.254 e. The maximum absolute atomic E-state index is 11.5. The van der Waals surface area contributed by atoms with E-state index in [4.69, 9.17) is 0 Å². The lowest BCUT2D eigenvalue weighted by molar-refractivity contribution is 0.808. The maximum atomic E-state index is 11.5. The molecular formula is C11H15N3O. The fraction of sp³-hybridized carbons (Fsp3) is 0.455. The molecule has 2 aromatic rings. The van der Waals surface area contributed by atoms with Crippen molar-refractivity contribution in [3.05, 3.63) is 33.4 Å². The Kier molecular flexibility index (Phi) is 2.34. The van der Waals surface area contributed by atoms with Gasteiger partial charge in [0.05, 0.1) is 5.69 Å². The van der Waals surface area contributed by atoms with Crippen LogP contribution < -0.4 is 5.56 Å². The average molecular weight is 205 g/mol. The van der Waals surface area contributed by atoms with Crippen LogP contribution in [0.25, 0.3) is 5.65 Å². The Morgan fingerprint density at radius 3 is 2.87 bits per heavy atom. The molecule has 0 aromatic carbocycles. The zero-order chi connectivity index (χ0) is 11.0. The van der Waals surface area contributed by atoms with Gasteiger partial charge in [0.1, 0.15) is 5.65 Å². The summed E-state index contributed by atoms with van der Waals surface area (Å²) in [6.45, 7) is 5.85. The van der Waals surface area contributed by atoms with Gasteiger partial charge in [-0.05, 0) is 20.3 Å². The molecule has 80 valence electrons. The number of aromatic amines is 1. The van der Waals surface area contributed by atoms with Gasteiger partial charge in [-0.3, -0.25) is 4.79 Å². The highest BCUT2D eigenvalue weighted by Crippen LogP contribution is 2.08. The molecule has 0 aliphatic rings. The minimum atomic E-state index is -0.0250. The summed E-state index contributed by atoms with van der Waals surface area (Å²) in [4.78, 5) is 14.3. The second kappa shape index (κ2) is 3.53. The molecule has 0 saturated carbocycles. The van der Waals surface area contributed by atoms with Crippen molar-refractivity contribution in [3.63, 3.8) is 0 Å². The topological polar surface area (TPSA) is 50.2 Å². The van der Waals surface area contributed by atoms with Gasteiger partial charge in [-0.25, -0.2) is 4.52 Å². The van der Waals surface area contributed by atoms with Crippen molar-refractivity contribution in [2.24, 2.45) is 0 Å². The number of fused-ring (bicyclic) bond motifs is 1. The Balaban J connectivity index is 2.71. The van der Waals surface area contributed by atoms with Crippen LogP contribution in [0.4, 0.5) is 0 Å². The Labute approximate surface area is 87.9 Å². The standard InChI is InChI=1S/C11H15N3O/c1-4-5-9-6-10-12-11(15)7(2)8(3)14(10)13-9/h6H,4-5H2,1-3H3,(H,12,15). The normalized spacial score (nSPS) is 11.1. The molecule has 4 heteroatoms. The number of hydrogen-bond acceptors (Lipinski definition) is 2. The average Bonchev–Trinajstić information content (AvgIpc) is 2.58. The van der Waals surface area contributed by atoms with Crippen LogP contribution in [0, 0.1) is 13.8 Å². The van der Waals surface area contributed by atoms with Gasteiger partial charge in [-0.15, -0.1) is 0 Å². The summed E-state index contributed by atoms with van der Waals surface area (Å²) in [6, 6.07) is 1.94. The molecule has 2 heterocycles. The van der Waals surface area contributed by atoms with Gasteiger partial charge in [-0.2, -0.15) is 5.10 Å². The van der Waals surface area contributed by atoms with Crippen LogP contribution in [-0.4, -0.2) is 14.6 Å². The summed E-state index contributed by atoms with van der Waals surface area (Å²) >= 11 is 0. The Morgan fingerprint density at radius 1 is 1.47 bits per heavy atom. The molecule has 2 rings (SSSR count). The predicted molar refractivity (Wildman–Crippen MR) is 59.3 cm³/mol. The van der Waals surface area contributed by atoms with Crippen molar-refractivity contribution < 1.29 is 0 Å². The zero-order valence-electron chi connectivity index (χ0n) is 9.29. The highest BCUT2D eigenvalue weighted by molar-refractivity contribution is 5.41. The molecule has 0 bridgehead atoms. The molecular weight excluding hydrogens is 190 g/mol. The quantitative estimate of drug-likeness (QED) is 0.809. The molecule has 0 atom stereocenters. The van der Waals surface area contributed by atoms with Crippen LogP contribution in [0.1, 0.15) is 30.3 Å². The maximum Gasteiger partial charge on any atom is 0.254 e. The highest BCUT2D eigenvalue weighted by atomic mass is 16.1. The second-order valence-electron chi connectivity index (χ2n) is 3.85. The lowest BCUT2D eigenvalue weighted by Gasteiger charge is -2.01. The van der Waals surface area contributed by atoms with Crippen LogP contribution in [0.3, 0.4) is 0 Å². The van der Waals surface area contributed by atoms with Gasteiger partial charge in [0.15, 0.2) is 0 Å². The van der Waals surface area contributed by atoms with Crippen LogP contribution in [0.2, 0.25) is 0 Å². The Morgan fingerprint density at radius 2 is 2.20 bits per heavy atom. The molecule has 0 aliphatic heterocycles. The fourth-order valence-electron chi connectivity index (χ4n) is 1.69. The van der Waals surface area contributed by atoms with Crippen molar-refractivity contribution in [1.29, 1.82) is 0 Å². The molecule has 0 saturated heterocycles. The zero-order valence-corrected chi connectivity index (χ0v) is 9.29. The predicted octanol–water partition coefficient (Wildman–Crippen LogP) is 1.59. The lowest BCUT2D eigenvalue weighted by atomic mass is 10.2. The minimum Gasteiger partial charge on any atom is -0.307 e. The van der Waals surface area contributed by atoms with Gasteiger partial charge in [0, 0.05) is 17.3 Å². The van der Waals surface area contributed by atoms with E-state index in [0.717, 1.165) is 35.4 Å². The molecule has 0 amide bonds. The number of hydrogen-bond donors (Lipinski definition) is 1. The molecule has 15 heavy (non-hydrogen) atoms. The Hall–Kier alpha value is -1.58.